The number of nitrogens with zero attached hydrogens (tertiary/aromatic N) is 4. The number of hydrogen-bond acceptors (Lipinski definition) is 6. The van der Waals surface area contributed by atoms with Gasteiger partial charge in [0.15, 0.2) is 0 Å². The SMILES string of the molecule is O=C(Nc1ccc(NCc2ccccc2)c(Cl)c1)c1sccc1-n1cnnn1. The first-order valence-corrected chi connectivity index (χ1v) is 9.66. The lowest BCUT2D eigenvalue weighted by Crippen LogP contribution is -2.13. The van der Waals surface area contributed by atoms with Crippen molar-refractivity contribution in [2.75, 3.05) is 10.6 Å². The molecule has 4 rings (SSSR count). The van der Waals surface area contributed by atoms with Gasteiger partial charge >= 0.3 is 0 Å². The smallest absolute Gasteiger partial charge is 0.267 e. The van der Waals surface area contributed by atoms with E-state index < -0.39 is 0 Å². The Kier molecular flexibility index (Phi) is 5.31. The van der Waals surface area contributed by atoms with Crippen molar-refractivity contribution in [3.05, 3.63) is 81.8 Å². The Balaban J connectivity index is 1.45. The molecule has 2 aromatic heterocycles. The molecule has 28 heavy (non-hydrogen) atoms. The number of halogens is 1. The van der Waals surface area contributed by atoms with E-state index in [-0.39, 0.29) is 5.91 Å². The minimum absolute atomic E-state index is 0.249. The maximum absolute atomic E-state index is 12.7. The summed E-state index contributed by atoms with van der Waals surface area (Å²) >= 11 is 7.69. The Morgan fingerprint density at radius 3 is 2.75 bits per heavy atom. The molecule has 1 amide bonds. The van der Waals surface area contributed by atoms with Gasteiger partial charge in [0.25, 0.3) is 5.91 Å². The molecule has 0 aliphatic rings. The number of thiophene rings is 1. The minimum Gasteiger partial charge on any atom is -0.380 e. The Morgan fingerprint density at radius 1 is 1.14 bits per heavy atom. The molecule has 0 unspecified atom stereocenters. The molecular weight excluding hydrogens is 396 g/mol. The highest BCUT2D eigenvalue weighted by Crippen LogP contribution is 2.27. The molecule has 0 fully saturated rings. The van der Waals surface area contributed by atoms with Crippen LogP contribution in [0.4, 0.5) is 11.4 Å². The quantitative estimate of drug-likeness (QED) is 0.496. The summed E-state index contributed by atoms with van der Waals surface area (Å²) in [7, 11) is 0. The molecule has 0 radical (unpaired) electrons. The lowest BCUT2D eigenvalue weighted by molar-refractivity contribution is 0.103. The normalized spacial score (nSPS) is 10.6. The van der Waals surface area contributed by atoms with Crippen molar-refractivity contribution in [3.63, 3.8) is 0 Å². The van der Waals surface area contributed by atoms with Crippen LogP contribution in [0.15, 0.2) is 66.3 Å². The van der Waals surface area contributed by atoms with Crippen LogP contribution in [0.2, 0.25) is 5.02 Å². The van der Waals surface area contributed by atoms with Gasteiger partial charge in [-0.3, -0.25) is 4.79 Å². The summed E-state index contributed by atoms with van der Waals surface area (Å²) in [5.41, 5.74) is 3.19. The summed E-state index contributed by atoms with van der Waals surface area (Å²) in [5, 5.41) is 19.5. The molecular formula is C19H15ClN6OS. The van der Waals surface area contributed by atoms with Gasteiger partial charge in [0.2, 0.25) is 0 Å². The number of benzene rings is 2. The highest BCUT2D eigenvalue weighted by molar-refractivity contribution is 7.12. The molecule has 0 aliphatic carbocycles. The Bertz CT molecular complexity index is 1080. The van der Waals surface area contributed by atoms with E-state index in [4.69, 9.17) is 11.6 Å². The van der Waals surface area contributed by atoms with Crippen molar-refractivity contribution in [2.45, 2.75) is 6.54 Å². The van der Waals surface area contributed by atoms with Crippen LogP contribution in [0.25, 0.3) is 5.69 Å². The number of nitrogens with one attached hydrogen (secondary N) is 2. The molecule has 2 aromatic carbocycles. The van der Waals surface area contributed by atoms with Gasteiger partial charge < -0.3 is 10.6 Å². The van der Waals surface area contributed by atoms with Crippen molar-refractivity contribution in [1.82, 2.24) is 20.2 Å². The van der Waals surface area contributed by atoms with Crippen molar-refractivity contribution in [1.29, 1.82) is 0 Å². The van der Waals surface area contributed by atoms with Crippen LogP contribution in [0, 0.1) is 0 Å². The molecule has 9 heteroatoms. The van der Waals surface area contributed by atoms with Gasteiger partial charge in [0.05, 0.1) is 16.4 Å². The predicted molar refractivity (Wildman–Crippen MR) is 110 cm³/mol. The van der Waals surface area contributed by atoms with E-state index in [9.17, 15) is 4.79 Å². The third-order valence-electron chi connectivity index (χ3n) is 4.00. The van der Waals surface area contributed by atoms with Crippen molar-refractivity contribution in [2.24, 2.45) is 0 Å². The largest absolute Gasteiger partial charge is 0.380 e. The fourth-order valence-corrected chi connectivity index (χ4v) is 3.66. The Labute approximate surface area is 170 Å². The molecule has 2 N–H and O–H groups in total. The molecule has 0 bridgehead atoms. The van der Waals surface area contributed by atoms with Crippen LogP contribution in [0.1, 0.15) is 15.2 Å². The second-order valence-electron chi connectivity index (χ2n) is 5.88. The van der Waals surface area contributed by atoms with Crippen molar-refractivity contribution < 1.29 is 4.79 Å². The molecule has 0 saturated carbocycles. The second kappa shape index (κ2) is 8.20. The first-order valence-electron chi connectivity index (χ1n) is 8.40. The Hall–Kier alpha value is -3.23. The highest BCUT2D eigenvalue weighted by atomic mass is 35.5. The van der Waals surface area contributed by atoms with Gasteiger partial charge in [0, 0.05) is 12.2 Å². The maximum atomic E-state index is 12.7. The van der Waals surface area contributed by atoms with E-state index in [1.54, 1.807) is 18.2 Å². The third-order valence-corrected chi connectivity index (χ3v) is 5.21. The average molecular weight is 411 g/mol. The summed E-state index contributed by atoms with van der Waals surface area (Å²) < 4.78 is 1.45. The zero-order valence-electron chi connectivity index (χ0n) is 14.5. The van der Waals surface area contributed by atoms with E-state index in [0.717, 1.165) is 11.3 Å². The summed E-state index contributed by atoms with van der Waals surface area (Å²) in [6.07, 6.45) is 1.45. The van der Waals surface area contributed by atoms with E-state index in [1.165, 1.54) is 22.3 Å². The first kappa shape index (κ1) is 18.1. The predicted octanol–water partition coefficient (Wildman–Crippen LogP) is 4.24. The van der Waals surface area contributed by atoms with Crippen LogP contribution in [-0.4, -0.2) is 26.1 Å². The number of aromatic nitrogens is 4. The van der Waals surface area contributed by atoms with Gasteiger partial charge in [-0.1, -0.05) is 41.9 Å². The zero-order chi connectivity index (χ0) is 19.3. The summed E-state index contributed by atoms with van der Waals surface area (Å²) in [6, 6.07) is 17.2. The average Bonchev–Trinajstić information content (AvgIpc) is 3.39. The number of tetrazole rings is 1. The fraction of sp³-hybridized carbons (Fsp3) is 0.0526. The number of carbonyl (C=O) groups excluding carboxylic acids is 1. The van der Waals surface area contributed by atoms with Gasteiger partial charge in [-0.05, 0) is 45.6 Å². The van der Waals surface area contributed by atoms with E-state index in [2.05, 4.69) is 26.2 Å². The summed E-state index contributed by atoms with van der Waals surface area (Å²) in [4.78, 5) is 13.2. The lowest BCUT2D eigenvalue weighted by atomic mass is 10.2. The molecule has 0 atom stereocenters. The van der Waals surface area contributed by atoms with Gasteiger partial charge in [0.1, 0.15) is 11.2 Å². The van der Waals surface area contributed by atoms with Gasteiger partial charge in [-0.15, -0.1) is 16.4 Å². The fourth-order valence-electron chi connectivity index (χ4n) is 2.64. The topological polar surface area (TPSA) is 84.7 Å². The third kappa shape index (κ3) is 4.03. The highest BCUT2D eigenvalue weighted by Gasteiger charge is 2.16. The second-order valence-corrected chi connectivity index (χ2v) is 7.20. The molecule has 2 heterocycles. The molecule has 4 aromatic rings. The number of carbonyl (C=O) groups is 1. The molecule has 0 saturated heterocycles. The number of rotatable bonds is 6. The summed E-state index contributed by atoms with van der Waals surface area (Å²) in [5.74, 6) is -0.249. The van der Waals surface area contributed by atoms with Crippen LogP contribution in [0.3, 0.4) is 0 Å². The van der Waals surface area contributed by atoms with E-state index in [0.29, 0.717) is 27.8 Å². The Morgan fingerprint density at radius 2 is 2.00 bits per heavy atom. The molecule has 7 nitrogen and oxygen atoms in total. The standard InChI is InChI=1S/C19H15ClN6OS/c20-15-10-14(6-7-16(15)21-11-13-4-2-1-3-5-13)23-19(27)18-17(8-9-28-18)26-12-22-24-25-26/h1-10,12,21H,11H2,(H,23,27). The first-order chi connectivity index (χ1) is 13.7. The number of anilines is 2. The molecule has 140 valence electrons. The number of hydrogen-bond donors (Lipinski definition) is 2. The molecule has 0 aliphatic heterocycles. The number of amides is 1. The van der Waals surface area contributed by atoms with Crippen LogP contribution >= 0.6 is 22.9 Å². The van der Waals surface area contributed by atoms with Gasteiger partial charge in [-0.2, -0.15) is 4.68 Å². The van der Waals surface area contributed by atoms with Crippen molar-refractivity contribution in [3.8, 4) is 5.69 Å². The van der Waals surface area contributed by atoms with Crippen molar-refractivity contribution >= 4 is 40.2 Å². The molecule has 0 spiro atoms. The van der Waals surface area contributed by atoms with E-state index in [1.807, 2.05) is 41.8 Å². The van der Waals surface area contributed by atoms with Gasteiger partial charge in [-0.25, -0.2) is 0 Å². The lowest BCUT2D eigenvalue weighted by Gasteiger charge is -2.11. The van der Waals surface area contributed by atoms with Crippen LogP contribution < -0.4 is 10.6 Å². The minimum atomic E-state index is -0.249. The van der Waals surface area contributed by atoms with Crippen LogP contribution in [-0.2, 0) is 6.54 Å². The monoisotopic (exact) mass is 410 g/mol. The maximum Gasteiger partial charge on any atom is 0.267 e. The van der Waals surface area contributed by atoms with E-state index >= 15 is 0 Å². The zero-order valence-corrected chi connectivity index (χ0v) is 16.1. The summed E-state index contributed by atoms with van der Waals surface area (Å²) in [6.45, 7) is 0.663. The van der Waals surface area contributed by atoms with Crippen LogP contribution in [0.5, 0.6) is 0 Å².